The highest BCUT2D eigenvalue weighted by Crippen LogP contribution is 2.48. The molecule has 1 aromatic heterocycles. The molecule has 186 valence electrons. The molecule has 1 aliphatic carbocycles. The molecule has 3 aliphatic rings. The minimum Gasteiger partial charge on any atom is -0.478 e. The van der Waals surface area contributed by atoms with Gasteiger partial charge in [0.2, 0.25) is 17.0 Å². The third-order valence-electron chi connectivity index (χ3n) is 7.64. The number of rotatable bonds is 4. The number of nitrogens with one attached hydrogen (secondary N) is 2. The van der Waals surface area contributed by atoms with Gasteiger partial charge in [0.1, 0.15) is 6.04 Å². The Hall–Kier alpha value is -3.69. The molecule has 36 heavy (non-hydrogen) atoms. The number of piperidine rings is 1. The summed E-state index contributed by atoms with van der Waals surface area (Å²) in [6.07, 6.45) is 4.59. The number of carboxylic acids is 1. The number of amides is 1. The standard InChI is InChI=1S/C27H28N4O5/c1-16(2)31(24-20(15-29-31)13-27(14-22(24)32)6-8-28-9-7-27)25(34)19-11-21(30-23(33)12-19)17-4-3-5-18(10-17)26(35)36/h3-5,10-12,15-16,28H,6-9,13-14H2,1-2H3,(H-,30,33,35,36)/p+1. The molecule has 0 radical (unpaired) electrons. The van der Waals surface area contributed by atoms with Crippen LogP contribution in [0, 0.1) is 5.41 Å². The number of aromatic amines is 1. The molecule has 2 aromatic rings. The Morgan fingerprint density at radius 1 is 1.06 bits per heavy atom. The largest absolute Gasteiger partial charge is 0.478 e. The van der Waals surface area contributed by atoms with Crippen LogP contribution in [0.15, 0.2) is 57.6 Å². The number of carbonyl (C=O) groups is 3. The molecule has 1 spiro atoms. The number of carbonyl (C=O) groups excluding carboxylic acids is 2. The Kier molecular flexibility index (Phi) is 5.84. The number of pyridine rings is 1. The summed E-state index contributed by atoms with van der Waals surface area (Å²) < 4.78 is -0.499. The molecule has 9 heteroatoms. The van der Waals surface area contributed by atoms with E-state index < -0.39 is 22.0 Å². The van der Waals surface area contributed by atoms with Gasteiger partial charge in [-0.05, 0) is 75.4 Å². The second kappa shape index (κ2) is 8.76. The molecule has 0 bridgehead atoms. The summed E-state index contributed by atoms with van der Waals surface area (Å²) in [7, 11) is 0. The molecule has 5 rings (SSSR count). The van der Waals surface area contributed by atoms with Crippen LogP contribution in [0.5, 0.6) is 0 Å². The summed E-state index contributed by atoms with van der Waals surface area (Å²) in [5.41, 5.74) is 1.58. The first-order valence-electron chi connectivity index (χ1n) is 12.2. The van der Waals surface area contributed by atoms with Gasteiger partial charge >= 0.3 is 11.9 Å². The van der Waals surface area contributed by atoms with E-state index in [1.807, 2.05) is 13.8 Å². The molecule has 1 amide bonds. The first kappa shape index (κ1) is 24.0. The number of aromatic nitrogens is 1. The van der Waals surface area contributed by atoms with Crippen LogP contribution in [0.1, 0.15) is 60.2 Å². The summed E-state index contributed by atoms with van der Waals surface area (Å²) >= 11 is 0. The van der Waals surface area contributed by atoms with Gasteiger partial charge in [-0.25, -0.2) is 9.59 Å². The van der Waals surface area contributed by atoms with E-state index >= 15 is 0 Å². The fraction of sp³-hybridized carbons (Fsp3) is 0.370. The van der Waals surface area contributed by atoms with Crippen molar-refractivity contribution in [2.24, 2.45) is 10.5 Å². The molecular formula is C27H29N4O5+. The number of benzene rings is 1. The normalized spacial score (nSPS) is 22.8. The second-order valence-electron chi connectivity index (χ2n) is 10.3. The van der Waals surface area contributed by atoms with E-state index in [0.29, 0.717) is 29.8 Å². The van der Waals surface area contributed by atoms with Crippen molar-refractivity contribution in [3.8, 4) is 11.3 Å². The quantitative estimate of drug-likeness (QED) is 0.566. The van der Waals surface area contributed by atoms with E-state index in [1.165, 1.54) is 24.3 Å². The number of Topliss-reactive ketones (excluding diaryl/α,β-unsaturated/α-hetero) is 1. The maximum atomic E-state index is 14.1. The van der Waals surface area contributed by atoms with E-state index in [4.69, 9.17) is 0 Å². The van der Waals surface area contributed by atoms with Crippen molar-refractivity contribution in [2.75, 3.05) is 13.1 Å². The van der Waals surface area contributed by atoms with Crippen molar-refractivity contribution in [3.63, 3.8) is 0 Å². The van der Waals surface area contributed by atoms with Crippen LogP contribution in [0.3, 0.4) is 0 Å². The number of aromatic carboxylic acids is 1. The van der Waals surface area contributed by atoms with Gasteiger partial charge in [0, 0.05) is 23.8 Å². The average molecular weight is 490 g/mol. The molecule has 1 fully saturated rings. The lowest BCUT2D eigenvalue weighted by atomic mass is 9.67. The topological polar surface area (TPSA) is 129 Å². The van der Waals surface area contributed by atoms with Crippen LogP contribution in [0.25, 0.3) is 11.3 Å². The van der Waals surface area contributed by atoms with Crippen molar-refractivity contribution in [1.82, 2.24) is 10.3 Å². The van der Waals surface area contributed by atoms with E-state index in [-0.39, 0.29) is 28.4 Å². The van der Waals surface area contributed by atoms with Crippen LogP contribution >= 0.6 is 0 Å². The average Bonchev–Trinajstić information content (AvgIpc) is 3.24. The zero-order valence-electron chi connectivity index (χ0n) is 20.3. The Morgan fingerprint density at radius 2 is 1.81 bits per heavy atom. The highest BCUT2D eigenvalue weighted by atomic mass is 16.4. The molecule has 1 unspecified atom stereocenters. The third-order valence-corrected chi connectivity index (χ3v) is 7.64. The molecule has 9 nitrogen and oxygen atoms in total. The summed E-state index contributed by atoms with van der Waals surface area (Å²) in [6.45, 7) is 5.43. The Balaban J connectivity index is 1.58. The zero-order chi connectivity index (χ0) is 25.7. The Bertz CT molecular complexity index is 1400. The minimum absolute atomic E-state index is 0.0584. The number of hydrogen-bond donors (Lipinski definition) is 3. The van der Waals surface area contributed by atoms with Crippen molar-refractivity contribution in [1.29, 1.82) is 0 Å². The van der Waals surface area contributed by atoms with Gasteiger partial charge in [-0.15, -0.1) is 0 Å². The molecule has 1 saturated heterocycles. The molecular weight excluding hydrogens is 460 g/mol. The van der Waals surface area contributed by atoms with Gasteiger partial charge in [0.05, 0.1) is 17.3 Å². The van der Waals surface area contributed by atoms with E-state index in [1.54, 1.807) is 18.3 Å². The lowest BCUT2D eigenvalue weighted by Crippen LogP contribution is -2.54. The number of ketones is 1. The number of nitrogens with zero attached hydrogens (tertiary/aromatic N) is 2. The second-order valence-corrected chi connectivity index (χ2v) is 10.3. The van der Waals surface area contributed by atoms with Gasteiger partial charge in [0.15, 0.2) is 0 Å². The molecule has 1 aromatic carbocycles. The van der Waals surface area contributed by atoms with Crippen molar-refractivity contribution in [2.45, 2.75) is 45.6 Å². The number of quaternary nitrogens is 1. The molecule has 3 N–H and O–H groups in total. The number of allylic oxidation sites excluding steroid dienone is 2. The third kappa shape index (κ3) is 3.84. The fourth-order valence-corrected chi connectivity index (χ4v) is 5.82. The number of carboxylic acid groups (broad SMARTS) is 1. The van der Waals surface area contributed by atoms with Crippen LogP contribution < -0.4 is 10.9 Å². The van der Waals surface area contributed by atoms with Gasteiger partial charge < -0.3 is 15.4 Å². The van der Waals surface area contributed by atoms with Crippen LogP contribution in [-0.4, -0.2) is 57.7 Å². The lowest BCUT2D eigenvalue weighted by molar-refractivity contribution is -0.833. The predicted molar refractivity (Wildman–Crippen MR) is 133 cm³/mol. The van der Waals surface area contributed by atoms with Crippen molar-refractivity contribution < 1.29 is 24.1 Å². The van der Waals surface area contributed by atoms with Crippen LogP contribution in [-0.2, 0) is 4.79 Å². The Morgan fingerprint density at radius 3 is 2.50 bits per heavy atom. The van der Waals surface area contributed by atoms with E-state index in [2.05, 4.69) is 15.4 Å². The smallest absolute Gasteiger partial charge is 0.377 e. The monoisotopic (exact) mass is 489 g/mol. The molecule has 3 heterocycles. The van der Waals surface area contributed by atoms with Crippen LogP contribution in [0.2, 0.25) is 0 Å². The SMILES string of the molecule is CC(C)[N+]1(C(=O)c2cc(-c3cccc(C(=O)O)c3)[nH]c(=O)c2)N=CC2=C1C(=O)CC1(CCNCC1)C2. The van der Waals surface area contributed by atoms with Crippen molar-refractivity contribution in [3.05, 3.63) is 69.1 Å². The highest BCUT2D eigenvalue weighted by molar-refractivity contribution is 6.06. The maximum absolute atomic E-state index is 14.1. The fourth-order valence-electron chi connectivity index (χ4n) is 5.82. The first-order valence-corrected chi connectivity index (χ1v) is 12.2. The van der Waals surface area contributed by atoms with Gasteiger partial charge in [-0.1, -0.05) is 21.8 Å². The molecule has 2 aliphatic heterocycles. The van der Waals surface area contributed by atoms with Gasteiger partial charge in [0.25, 0.3) is 0 Å². The lowest BCUT2D eigenvalue weighted by Gasteiger charge is -2.41. The zero-order valence-corrected chi connectivity index (χ0v) is 20.3. The maximum Gasteiger partial charge on any atom is 0.377 e. The minimum atomic E-state index is -1.09. The van der Waals surface area contributed by atoms with E-state index in [0.717, 1.165) is 31.5 Å². The van der Waals surface area contributed by atoms with E-state index in [9.17, 15) is 24.3 Å². The number of H-pyrrole nitrogens is 1. The highest BCUT2D eigenvalue weighted by Gasteiger charge is 2.57. The Labute approximate surface area is 208 Å². The molecule has 0 saturated carbocycles. The molecule has 1 atom stereocenters. The van der Waals surface area contributed by atoms with Gasteiger partial charge in [-0.3, -0.25) is 9.59 Å². The van der Waals surface area contributed by atoms with Gasteiger partial charge in [-0.2, -0.15) is 0 Å². The summed E-state index contributed by atoms with van der Waals surface area (Å²) in [5, 5.41) is 17.3. The summed E-state index contributed by atoms with van der Waals surface area (Å²) in [4.78, 5) is 54.4. The summed E-state index contributed by atoms with van der Waals surface area (Å²) in [5.74, 6) is -1.61. The van der Waals surface area contributed by atoms with Crippen molar-refractivity contribution >= 4 is 23.9 Å². The number of hydrogen-bond acceptors (Lipinski definition) is 6. The predicted octanol–water partition coefficient (Wildman–Crippen LogP) is 3.09. The summed E-state index contributed by atoms with van der Waals surface area (Å²) in [6, 6.07) is 8.50. The first-order chi connectivity index (χ1) is 17.1. The van der Waals surface area contributed by atoms with Crippen LogP contribution in [0.4, 0.5) is 0 Å².